The molecule has 1 aromatic carbocycles. The molecule has 2 saturated heterocycles. The zero-order valence-electron chi connectivity index (χ0n) is 14.9. The number of rotatable bonds is 3. The molecule has 0 bridgehead atoms. The van der Waals surface area contributed by atoms with E-state index in [4.69, 9.17) is 0 Å². The normalized spacial score (nSPS) is 27.9. The predicted molar refractivity (Wildman–Crippen MR) is 93.2 cm³/mol. The third-order valence-corrected chi connectivity index (χ3v) is 5.39. The number of benzene rings is 1. The molecule has 2 aliphatic rings. The molecule has 0 unspecified atom stereocenters. The minimum absolute atomic E-state index is 0.0300. The fourth-order valence-electron chi connectivity index (χ4n) is 3.72. The van der Waals surface area contributed by atoms with Crippen molar-refractivity contribution in [2.75, 3.05) is 26.2 Å². The quantitative estimate of drug-likeness (QED) is 0.907. The lowest BCUT2D eigenvalue weighted by molar-refractivity contribution is -0.148. The maximum Gasteiger partial charge on any atom is 0.230 e. The van der Waals surface area contributed by atoms with Crippen LogP contribution >= 0.6 is 0 Å². The number of hydrogen-bond acceptors (Lipinski definition) is 3. The molecule has 0 saturated carbocycles. The van der Waals surface area contributed by atoms with E-state index in [2.05, 4.69) is 17.1 Å². The molecule has 2 aliphatic heterocycles. The van der Waals surface area contributed by atoms with Crippen molar-refractivity contribution < 1.29 is 14.0 Å². The number of amides is 2. The van der Waals surface area contributed by atoms with Crippen LogP contribution in [0, 0.1) is 11.2 Å². The third kappa shape index (κ3) is 4.00. The summed E-state index contributed by atoms with van der Waals surface area (Å²) >= 11 is 0. The van der Waals surface area contributed by atoms with Crippen molar-refractivity contribution in [1.82, 2.24) is 15.1 Å². The second kappa shape index (κ2) is 7.12. The molecule has 0 radical (unpaired) electrons. The van der Waals surface area contributed by atoms with Gasteiger partial charge in [0.2, 0.25) is 11.8 Å². The maximum atomic E-state index is 13.0. The largest absolute Gasteiger partial charge is 0.355 e. The number of carbonyl (C=O) groups excluding carboxylic acids is 2. The number of piperidine rings is 1. The van der Waals surface area contributed by atoms with Crippen LogP contribution in [-0.4, -0.2) is 53.8 Å². The van der Waals surface area contributed by atoms with Gasteiger partial charge in [0.05, 0.1) is 5.41 Å². The predicted octanol–water partition coefficient (Wildman–Crippen LogP) is 1.77. The molecule has 0 spiro atoms. The Kier molecular flexibility index (Phi) is 5.08. The average molecular weight is 347 g/mol. The van der Waals surface area contributed by atoms with Crippen LogP contribution in [0.4, 0.5) is 4.39 Å². The summed E-state index contributed by atoms with van der Waals surface area (Å²) in [5.41, 5.74) is 0.580. The van der Waals surface area contributed by atoms with Crippen LogP contribution in [0.3, 0.4) is 0 Å². The molecule has 2 atom stereocenters. The molecule has 0 aliphatic carbocycles. The Morgan fingerprint density at radius 1 is 1.32 bits per heavy atom. The SMILES string of the molecule is C[C@H]1CN(Cc2ccc(F)cc2)CCN1C(=O)[C@@]1(C)CCC(=O)NC1. The highest BCUT2D eigenvalue weighted by molar-refractivity contribution is 5.86. The topological polar surface area (TPSA) is 52.7 Å². The Balaban J connectivity index is 1.58. The first-order chi connectivity index (χ1) is 11.9. The molecule has 136 valence electrons. The van der Waals surface area contributed by atoms with Crippen LogP contribution in [0.25, 0.3) is 0 Å². The van der Waals surface area contributed by atoms with Crippen molar-refractivity contribution >= 4 is 11.8 Å². The molecule has 0 aromatic heterocycles. The van der Waals surface area contributed by atoms with Crippen LogP contribution in [0.1, 0.15) is 32.3 Å². The number of carbonyl (C=O) groups is 2. The van der Waals surface area contributed by atoms with E-state index in [1.54, 1.807) is 0 Å². The highest BCUT2D eigenvalue weighted by Gasteiger charge is 2.42. The maximum absolute atomic E-state index is 13.0. The monoisotopic (exact) mass is 347 g/mol. The van der Waals surface area contributed by atoms with Crippen molar-refractivity contribution in [3.05, 3.63) is 35.6 Å². The fraction of sp³-hybridized carbons (Fsp3) is 0.579. The van der Waals surface area contributed by atoms with Gasteiger partial charge in [-0.1, -0.05) is 12.1 Å². The van der Waals surface area contributed by atoms with Gasteiger partial charge in [0.25, 0.3) is 0 Å². The summed E-state index contributed by atoms with van der Waals surface area (Å²) in [6, 6.07) is 6.70. The van der Waals surface area contributed by atoms with Crippen LogP contribution < -0.4 is 5.32 Å². The summed E-state index contributed by atoms with van der Waals surface area (Å²) in [5.74, 6) is -0.0516. The number of piperazine rings is 1. The molecule has 2 amide bonds. The van der Waals surface area contributed by atoms with Crippen LogP contribution in [0.15, 0.2) is 24.3 Å². The second-order valence-electron chi connectivity index (χ2n) is 7.55. The zero-order chi connectivity index (χ0) is 18.0. The molecule has 1 N–H and O–H groups in total. The smallest absolute Gasteiger partial charge is 0.230 e. The van der Waals surface area contributed by atoms with Gasteiger partial charge in [-0.05, 0) is 38.0 Å². The summed E-state index contributed by atoms with van der Waals surface area (Å²) in [7, 11) is 0. The minimum Gasteiger partial charge on any atom is -0.355 e. The van der Waals surface area contributed by atoms with E-state index < -0.39 is 5.41 Å². The van der Waals surface area contributed by atoms with Crippen molar-refractivity contribution in [3.63, 3.8) is 0 Å². The number of nitrogens with zero attached hydrogens (tertiary/aromatic N) is 2. The van der Waals surface area contributed by atoms with Crippen molar-refractivity contribution in [2.45, 2.75) is 39.3 Å². The van der Waals surface area contributed by atoms with E-state index in [0.29, 0.717) is 25.9 Å². The van der Waals surface area contributed by atoms with Crippen molar-refractivity contribution in [1.29, 1.82) is 0 Å². The molecule has 1 aromatic rings. The van der Waals surface area contributed by atoms with E-state index >= 15 is 0 Å². The lowest BCUT2D eigenvalue weighted by Crippen LogP contribution is -2.59. The van der Waals surface area contributed by atoms with E-state index in [-0.39, 0.29) is 23.7 Å². The highest BCUT2D eigenvalue weighted by atomic mass is 19.1. The lowest BCUT2D eigenvalue weighted by Gasteiger charge is -2.44. The first-order valence-electron chi connectivity index (χ1n) is 8.92. The first kappa shape index (κ1) is 17.9. The molecule has 2 fully saturated rings. The van der Waals surface area contributed by atoms with Crippen LogP contribution in [0.2, 0.25) is 0 Å². The van der Waals surface area contributed by atoms with Crippen molar-refractivity contribution in [2.24, 2.45) is 5.41 Å². The molecule has 25 heavy (non-hydrogen) atoms. The minimum atomic E-state index is -0.499. The highest BCUT2D eigenvalue weighted by Crippen LogP contribution is 2.30. The van der Waals surface area contributed by atoms with Crippen molar-refractivity contribution in [3.8, 4) is 0 Å². The Morgan fingerprint density at radius 2 is 2.04 bits per heavy atom. The second-order valence-corrected chi connectivity index (χ2v) is 7.55. The van der Waals surface area contributed by atoms with Gasteiger partial charge >= 0.3 is 0 Å². The summed E-state index contributed by atoms with van der Waals surface area (Å²) in [4.78, 5) is 28.6. The van der Waals surface area contributed by atoms with Gasteiger partial charge in [0, 0.05) is 45.2 Å². The molecule has 3 rings (SSSR count). The Hall–Kier alpha value is -1.95. The van der Waals surface area contributed by atoms with Gasteiger partial charge in [0.15, 0.2) is 0 Å². The number of halogens is 1. The average Bonchev–Trinajstić information content (AvgIpc) is 2.59. The first-order valence-corrected chi connectivity index (χ1v) is 8.92. The van der Waals surface area contributed by atoms with E-state index in [9.17, 15) is 14.0 Å². The molecule has 5 nitrogen and oxygen atoms in total. The Bertz CT molecular complexity index is 637. The number of hydrogen-bond donors (Lipinski definition) is 1. The lowest BCUT2D eigenvalue weighted by atomic mass is 9.80. The van der Waals surface area contributed by atoms with Gasteiger partial charge in [-0.3, -0.25) is 14.5 Å². The molecule has 2 heterocycles. The molecular weight excluding hydrogens is 321 g/mol. The third-order valence-electron chi connectivity index (χ3n) is 5.39. The summed E-state index contributed by atoms with van der Waals surface area (Å²) in [6.07, 6.45) is 1.03. The van der Waals surface area contributed by atoms with Crippen LogP contribution in [-0.2, 0) is 16.1 Å². The van der Waals surface area contributed by atoms with Gasteiger partial charge in [0.1, 0.15) is 5.82 Å². The van der Waals surface area contributed by atoms with E-state index in [1.807, 2.05) is 24.0 Å². The van der Waals surface area contributed by atoms with E-state index in [1.165, 1.54) is 12.1 Å². The van der Waals surface area contributed by atoms with Crippen LogP contribution in [0.5, 0.6) is 0 Å². The summed E-state index contributed by atoms with van der Waals surface area (Å²) < 4.78 is 13.0. The zero-order valence-corrected chi connectivity index (χ0v) is 14.9. The van der Waals surface area contributed by atoms with Gasteiger partial charge in [-0.2, -0.15) is 0 Å². The summed E-state index contributed by atoms with van der Waals surface area (Å²) in [5, 5.41) is 2.83. The fourth-order valence-corrected chi connectivity index (χ4v) is 3.72. The molecular formula is C19H26FN3O2. The Labute approximate surface area is 148 Å². The molecule has 6 heteroatoms. The van der Waals surface area contributed by atoms with Gasteiger partial charge < -0.3 is 10.2 Å². The van der Waals surface area contributed by atoms with Gasteiger partial charge in [-0.25, -0.2) is 4.39 Å². The Morgan fingerprint density at radius 3 is 2.64 bits per heavy atom. The van der Waals surface area contributed by atoms with Gasteiger partial charge in [-0.15, -0.1) is 0 Å². The number of nitrogens with one attached hydrogen (secondary N) is 1. The standard InChI is InChI=1S/C19H26FN3O2/c1-14-11-22(12-15-3-5-16(20)6-4-15)9-10-23(14)18(25)19(2)8-7-17(24)21-13-19/h3-6,14H,7-13H2,1-2H3,(H,21,24)/t14-,19-/m0/s1. The summed E-state index contributed by atoms with van der Waals surface area (Å²) in [6.45, 7) is 7.49. The van der Waals surface area contributed by atoms with E-state index in [0.717, 1.165) is 25.2 Å².